The normalized spacial score (nSPS) is 16.0. The number of nitrogens with zero attached hydrogens (tertiary/aromatic N) is 2. The Balaban J connectivity index is 1.61. The lowest BCUT2D eigenvalue weighted by Gasteiger charge is -2.36. The molecule has 2 aromatic rings. The summed E-state index contributed by atoms with van der Waals surface area (Å²) >= 11 is 3.28. The Hall–Kier alpha value is -1.59. The molecule has 1 heterocycles. The molecule has 0 radical (unpaired) electrons. The number of halogens is 2. The minimum atomic E-state index is -0.169. The van der Waals surface area contributed by atoms with Crippen molar-refractivity contribution >= 4 is 21.6 Å². The zero-order valence-corrected chi connectivity index (χ0v) is 13.8. The van der Waals surface area contributed by atoms with Crippen molar-refractivity contribution in [1.29, 1.82) is 0 Å². The first-order chi connectivity index (χ1) is 10.6. The molecule has 3 nitrogen and oxygen atoms in total. The lowest BCUT2D eigenvalue weighted by Crippen LogP contribution is -2.46. The number of hydrogen-bond acceptors (Lipinski definition) is 3. The van der Waals surface area contributed by atoms with Crippen molar-refractivity contribution < 1.29 is 9.50 Å². The van der Waals surface area contributed by atoms with Gasteiger partial charge < -0.3 is 10.0 Å². The summed E-state index contributed by atoms with van der Waals surface area (Å²) < 4.78 is 14.7. The van der Waals surface area contributed by atoms with Crippen LogP contribution in [0.2, 0.25) is 0 Å². The van der Waals surface area contributed by atoms with Crippen LogP contribution < -0.4 is 4.90 Å². The van der Waals surface area contributed by atoms with Crippen LogP contribution in [0.15, 0.2) is 46.9 Å². The Morgan fingerprint density at radius 1 is 1.05 bits per heavy atom. The zero-order chi connectivity index (χ0) is 15.5. The van der Waals surface area contributed by atoms with E-state index in [4.69, 9.17) is 0 Å². The summed E-state index contributed by atoms with van der Waals surface area (Å²) in [5.41, 5.74) is 1.59. The Morgan fingerprint density at radius 2 is 1.77 bits per heavy atom. The molecule has 0 spiro atoms. The van der Waals surface area contributed by atoms with Crippen LogP contribution in [0.5, 0.6) is 5.75 Å². The molecule has 0 aromatic heterocycles. The molecule has 1 aliphatic rings. The number of piperazine rings is 1. The van der Waals surface area contributed by atoms with E-state index in [1.807, 2.05) is 30.3 Å². The third-order valence-electron chi connectivity index (χ3n) is 4.00. The molecule has 1 aliphatic heterocycles. The highest BCUT2D eigenvalue weighted by atomic mass is 79.9. The van der Waals surface area contributed by atoms with Crippen LogP contribution in [0.4, 0.5) is 10.1 Å². The van der Waals surface area contributed by atoms with Gasteiger partial charge in [-0.25, -0.2) is 4.39 Å². The highest BCUT2D eigenvalue weighted by molar-refractivity contribution is 9.10. The number of hydrogen-bond donors (Lipinski definition) is 1. The Morgan fingerprint density at radius 3 is 2.45 bits per heavy atom. The largest absolute Gasteiger partial charge is 0.506 e. The smallest absolute Gasteiger partial charge is 0.138 e. The van der Waals surface area contributed by atoms with Crippen molar-refractivity contribution in [1.82, 2.24) is 4.90 Å². The molecule has 2 aromatic carbocycles. The number of benzene rings is 2. The molecule has 0 atom stereocenters. The number of aromatic hydroxyl groups is 1. The number of phenolic OH excluding ortho intramolecular Hbond substituents is 1. The van der Waals surface area contributed by atoms with Gasteiger partial charge in [-0.15, -0.1) is 0 Å². The third-order valence-corrected chi connectivity index (χ3v) is 4.50. The van der Waals surface area contributed by atoms with Gasteiger partial charge >= 0.3 is 0 Å². The van der Waals surface area contributed by atoms with E-state index >= 15 is 0 Å². The molecular weight excluding hydrogens is 347 g/mol. The van der Waals surface area contributed by atoms with E-state index in [2.05, 4.69) is 25.7 Å². The van der Waals surface area contributed by atoms with E-state index in [0.29, 0.717) is 12.3 Å². The second-order valence-corrected chi connectivity index (χ2v) is 6.40. The SMILES string of the molecule is Oc1ccccc1N1CCN(Cc2ccc(Br)cc2F)CC1. The Bertz CT molecular complexity index is 657. The number of rotatable bonds is 3. The molecule has 0 saturated carbocycles. The summed E-state index contributed by atoms with van der Waals surface area (Å²) in [5.74, 6) is 0.146. The minimum absolute atomic E-state index is 0.169. The van der Waals surface area contributed by atoms with Gasteiger partial charge in [0.2, 0.25) is 0 Å². The van der Waals surface area contributed by atoms with Crippen molar-refractivity contribution in [2.75, 3.05) is 31.1 Å². The second-order valence-electron chi connectivity index (χ2n) is 5.49. The van der Waals surface area contributed by atoms with Crippen LogP contribution in [0, 0.1) is 5.82 Å². The molecule has 0 amide bonds. The Labute approximate surface area is 138 Å². The molecule has 1 saturated heterocycles. The van der Waals surface area contributed by atoms with Crippen molar-refractivity contribution in [3.63, 3.8) is 0 Å². The average Bonchev–Trinajstić information content (AvgIpc) is 2.51. The van der Waals surface area contributed by atoms with Crippen LogP contribution in [-0.4, -0.2) is 36.2 Å². The summed E-state index contributed by atoms with van der Waals surface area (Å²) in [6.45, 7) is 3.98. The number of phenols is 1. The topological polar surface area (TPSA) is 26.7 Å². The van der Waals surface area contributed by atoms with Gasteiger partial charge in [0.05, 0.1) is 5.69 Å². The first-order valence-electron chi connectivity index (χ1n) is 7.33. The molecule has 5 heteroatoms. The van der Waals surface area contributed by atoms with Crippen molar-refractivity contribution in [2.45, 2.75) is 6.54 Å². The van der Waals surface area contributed by atoms with E-state index < -0.39 is 0 Å². The number of anilines is 1. The van der Waals surface area contributed by atoms with Crippen LogP contribution in [0.3, 0.4) is 0 Å². The highest BCUT2D eigenvalue weighted by Crippen LogP contribution is 2.27. The van der Waals surface area contributed by atoms with E-state index in [1.54, 1.807) is 6.07 Å². The monoisotopic (exact) mass is 364 g/mol. The molecule has 116 valence electrons. The molecular formula is C17H18BrFN2O. The lowest BCUT2D eigenvalue weighted by atomic mass is 10.1. The maximum absolute atomic E-state index is 13.9. The van der Waals surface area contributed by atoms with Gasteiger partial charge in [-0.05, 0) is 24.3 Å². The van der Waals surface area contributed by atoms with Crippen LogP contribution in [0.1, 0.15) is 5.56 Å². The predicted molar refractivity (Wildman–Crippen MR) is 89.7 cm³/mol. The number of para-hydroxylation sites is 2. The van der Waals surface area contributed by atoms with Gasteiger partial charge in [-0.2, -0.15) is 0 Å². The van der Waals surface area contributed by atoms with E-state index in [-0.39, 0.29) is 5.82 Å². The highest BCUT2D eigenvalue weighted by Gasteiger charge is 2.19. The van der Waals surface area contributed by atoms with Crippen molar-refractivity contribution in [3.05, 3.63) is 58.3 Å². The third kappa shape index (κ3) is 3.42. The first-order valence-corrected chi connectivity index (χ1v) is 8.12. The van der Waals surface area contributed by atoms with Gasteiger partial charge in [0.25, 0.3) is 0 Å². The van der Waals surface area contributed by atoms with Crippen LogP contribution >= 0.6 is 15.9 Å². The predicted octanol–water partition coefficient (Wildman–Crippen LogP) is 3.62. The molecule has 0 bridgehead atoms. The maximum Gasteiger partial charge on any atom is 0.138 e. The van der Waals surface area contributed by atoms with E-state index in [9.17, 15) is 9.50 Å². The molecule has 0 aliphatic carbocycles. The molecule has 22 heavy (non-hydrogen) atoms. The molecule has 0 unspecified atom stereocenters. The van der Waals surface area contributed by atoms with Gasteiger partial charge in [-0.1, -0.05) is 34.1 Å². The Kier molecular flexibility index (Phi) is 4.64. The van der Waals surface area contributed by atoms with Crippen LogP contribution in [0.25, 0.3) is 0 Å². The fourth-order valence-corrected chi connectivity index (χ4v) is 3.10. The van der Waals surface area contributed by atoms with E-state index in [0.717, 1.165) is 41.9 Å². The summed E-state index contributed by atoms with van der Waals surface area (Å²) in [6.07, 6.45) is 0. The summed E-state index contributed by atoms with van der Waals surface area (Å²) in [6, 6.07) is 12.6. The minimum Gasteiger partial charge on any atom is -0.506 e. The fraction of sp³-hybridized carbons (Fsp3) is 0.294. The average molecular weight is 365 g/mol. The quantitative estimate of drug-likeness (QED) is 0.900. The summed E-state index contributed by atoms with van der Waals surface area (Å²) in [5, 5.41) is 9.92. The van der Waals surface area contributed by atoms with Gasteiger partial charge in [-0.3, -0.25) is 4.90 Å². The summed E-state index contributed by atoms with van der Waals surface area (Å²) in [4.78, 5) is 4.41. The van der Waals surface area contributed by atoms with Crippen LogP contribution in [-0.2, 0) is 6.54 Å². The van der Waals surface area contributed by atoms with Gasteiger partial charge in [0, 0.05) is 42.8 Å². The van der Waals surface area contributed by atoms with Crippen molar-refractivity contribution in [3.8, 4) is 5.75 Å². The maximum atomic E-state index is 13.9. The molecule has 1 fully saturated rings. The summed E-state index contributed by atoms with van der Waals surface area (Å²) in [7, 11) is 0. The first kappa shape index (κ1) is 15.3. The zero-order valence-electron chi connectivity index (χ0n) is 12.2. The van der Waals surface area contributed by atoms with Gasteiger partial charge in [0.15, 0.2) is 0 Å². The van der Waals surface area contributed by atoms with E-state index in [1.165, 1.54) is 6.07 Å². The standard InChI is InChI=1S/C17H18BrFN2O/c18-14-6-5-13(15(19)11-14)12-20-7-9-21(10-8-20)16-3-1-2-4-17(16)22/h1-6,11,22H,7-10,12H2. The molecule has 1 N–H and O–H groups in total. The second kappa shape index (κ2) is 6.67. The van der Waals surface area contributed by atoms with Crippen molar-refractivity contribution in [2.24, 2.45) is 0 Å². The molecule has 3 rings (SSSR count). The van der Waals surface area contributed by atoms with Gasteiger partial charge in [0.1, 0.15) is 11.6 Å². The fourth-order valence-electron chi connectivity index (χ4n) is 2.77. The lowest BCUT2D eigenvalue weighted by molar-refractivity contribution is 0.246.